The van der Waals surface area contributed by atoms with Gasteiger partial charge in [-0.25, -0.2) is 9.78 Å². The van der Waals surface area contributed by atoms with E-state index in [9.17, 15) is 14.7 Å². The van der Waals surface area contributed by atoms with Gasteiger partial charge in [0.25, 0.3) is 0 Å². The standard InChI is InChI=1S/C29H35N3O4/c30-18-10-9-16-25(29(34)35)31-27(33)17-8-3-11-19-36-28-21-24(22-12-4-1-5-13-22)20-26(32-28)23-14-6-2-7-15-23/h1-2,4-7,12-15,20-21,25H,3,8-11,16-19,30H2,(H,31,33)(H,34,35)/t25-/m0/s1. The predicted molar refractivity (Wildman–Crippen MR) is 142 cm³/mol. The van der Waals surface area contributed by atoms with E-state index in [1.54, 1.807) is 0 Å². The summed E-state index contributed by atoms with van der Waals surface area (Å²) in [5.74, 6) is -0.676. The Labute approximate surface area is 212 Å². The Hall–Kier alpha value is -3.71. The van der Waals surface area contributed by atoms with Gasteiger partial charge in [-0.2, -0.15) is 0 Å². The summed E-state index contributed by atoms with van der Waals surface area (Å²) in [6.45, 7) is 1.000. The van der Waals surface area contributed by atoms with Gasteiger partial charge in [-0.15, -0.1) is 0 Å². The Bertz CT molecular complexity index is 1030. The fraction of sp³-hybridized carbons (Fsp3) is 0.345. The highest BCUT2D eigenvalue weighted by Crippen LogP contribution is 2.28. The van der Waals surface area contributed by atoms with E-state index in [-0.39, 0.29) is 5.91 Å². The van der Waals surface area contributed by atoms with Crippen LogP contribution in [0.1, 0.15) is 44.9 Å². The van der Waals surface area contributed by atoms with Gasteiger partial charge in [-0.1, -0.05) is 60.7 Å². The minimum Gasteiger partial charge on any atom is -0.480 e. The molecular weight excluding hydrogens is 454 g/mol. The van der Waals surface area contributed by atoms with Crippen LogP contribution in [0.3, 0.4) is 0 Å². The first kappa shape index (κ1) is 26.9. The van der Waals surface area contributed by atoms with Crippen LogP contribution in [0.25, 0.3) is 22.4 Å². The van der Waals surface area contributed by atoms with Crippen LogP contribution in [0, 0.1) is 0 Å². The number of benzene rings is 2. The lowest BCUT2D eigenvalue weighted by Crippen LogP contribution is -2.40. The summed E-state index contributed by atoms with van der Waals surface area (Å²) < 4.78 is 5.99. The number of hydrogen-bond acceptors (Lipinski definition) is 5. The number of carbonyl (C=O) groups excluding carboxylic acids is 1. The lowest BCUT2D eigenvalue weighted by atomic mass is 10.0. The SMILES string of the molecule is NCCCC[C@H](NC(=O)CCCCCOc1cc(-c2ccccc2)cc(-c2ccccc2)n1)C(=O)O. The molecule has 1 atom stereocenters. The summed E-state index contributed by atoms with van der Waals surface area (Å²) in [5, 5.41) is 11.9. The first-order chi connectivity index (χ1) is 17.6. The highest BCUT2D eigenvalue weighted by atomic mass is 16.5. The van der Waals surface area contributed by atoms with E-state index in [0.717, 1.165) is 41.6 Å². The van der Waals surface area contributed by atoms with Crippen LogP contribution in [-0.4, -0.2) is 41.2 Å². The largest absolute Gasteiger partial charge is 0.480 e. The van der Waals surface area contributed by atoms with Crippen LogP contribution in [-0.2, 0) is 9.59 Å². The molecular formula is C29H35N3O4. The molecule has 0 radical (unpaired) electrons. The molecule has 7 nitrogen and oxygen atoms in total. The average Bonchev–Trinajstić information content (AvgIpc) is 2.91. The highest BCUT2D eigenvalue weighted by Gasteiger charge is 2.18. The summed E-state index contributed by atoms with van der Waals surface area (Å²) in [5.41, 5.74) is 9.46. The van der Waals surface area contributed by atoms with E-state index < -0.39 is 12.0 Å². The van der Waals surface area contributed by atoms with Gasteiger partial charge in [0.2, 0.25) is 11.8 Å². The second-order valence-electron chi connectivity index (χ2n) is 8.71. The third-order valence-corrected chi connectivity index (χ3v) is 5.86. The molecule has 0 bridgehead atoms. The number of carbonyl (C=O) groups is 2. The zero-order valence-electron chi connectivity index (χ0n) is 20.6. The zero-order valence-corrected chi connectivity index (χ0v) is 20.6. The summed E-state index contributed by atoms with van der Waals surface area (Å²) in [7, 11) is 0. The molecule has 3 rings (SSSR count). The van der Waals surface area contributed by atoms with E-state index in [4.69, 9.17) is 15.5 Å². The van der Waals surface area contributed by atoms with E-state index >= 15 is 0 Å². The number of amides is 1. The van der Waals surface area contributed by atoms with Crippen molar-refractivity contribution in [1.29, 1.82) is 0 Å². The second-order valence-corrected chi connectivity index (χ2v) is 8.71. The molecule has 7 heteroatoms. The van der Waals surface area contributed by atoms with Crippen LogP contribution in [0.2, 0.25) is 0 Å². The number of nitrogens with zero attached hydrogens (tertiary/aromatic N) is 1. The molecule has 36 heavy (non-hydrogen) atoms. The Morgan fingerprint density at radius 2 is 1.56 bits per heavy atom. The van der Waals surface area contributed by atoms with E-state index in [0.29, 0.717) is 44.7 Å². The topological polar surface area (TPSA) is 115 Å². The zero-order chi connectivity index (χ0) is 25.6. The van der Waals surface area contributed by atoms with Crippen molar-refractivity contribution in [2.45, 2.75) is 51.0 Å². The molecule has 2 aromatic carbocycles. The molecule has 1 heterocycles. The van der Waals surface area contributed by atoms with E-state index in [1.165, 1.54) is 0 Å². The maximum Gasteiger partial charge on any atom is 0.326 e. The quantitative estimate of drug-likeness (QED) is 0.257. The summed E-state index contributed by atoms with van der Waals surface area (Å²) in [6, 6.07) is 23.3. The molecule has 3 aromatic rings. The maximum absolute atomic E-state index is 12.1. The molecule has 0 aliphatic heterocycles. The van der Waals surface area contributed by atoms with Gasteiger partial charge >= 0.3 is 5.97 Å². The predicted octanol–water partition coefficient (Wildman–Crippen LogP) is 5.05. The number of ether oxygens (including phenoxy) is 1. The third-order valence-electron chi connectivity index (χ3n) is 5.86. The number of nitrogens with two attached hydrogens (primary N) is 1. The number of rotatable bonds is 15. The number of hydrogen-bond donors (Lipinski definition) is 3. The molecule has 1 amide bonds. The normalized spacial score (nSPS) is 11.6. The highest BCUT2D eigenvalue weighted by molar-refractivity contribution is 5.83. The van der Waals surface area contributed by atoms with Crippen LogP contribution >= 0.6 is 0 Å². The Morgan fingerprint density at radius 3 is 2.22 bits per heavy atom. The monoisotopic (exact) mass is 489 g/mol. The van der Waals surface area contributed by atoms with E-state index in [1.807, 2.05) is 54.6 Å². The van der Waals surface area contributed by atoms with Gasteiger partial charge in [-0.05, 0) is 62.3 Å². The van der Waals surface area contributed by atoms with Crippen molar-refractivity contribution in [3.63, 3.8) is 0 Å². The number of aliphatic carboxylic acids is 1. The number of carboxylic acid groups (broad SMARTS) is 1. The van der Waals surface area contributed by atoms with Crippen molar-refractivity contribution in [3.8, 4) is 28.3 Å². The number of unbranched alkanes of at least 4 members (excludes halogenated alkanes) is 3. The molecule has 1 aromatic heterocycles. The number of carboxylic acids is 1. The van der Waals surface area contributed by atoms with Gasteiger partial charge in [0.1, 0.15) is 6.04 Å². The van der Waals surface area contributed by atoms with Gasteiger partial charge < -0.3 is 20.9 Å². The van der Waals surface area contributed by atoms with Gasteiger partial charge in [-0.3, -0.25) is 4.79 Å². The molecule has 0 aliphatic carbocycles. The Balaban J connectivity index is 1.49. The Morgan fingerprint density at radius 1 is 0.861 bits per heavy atom. The molecule has 0 fully saturated rings. The van der Waals surface area contributed by atoms with E-state index in [2.05, 4.69) is 23.5 Å². The first-order valence-electron chi connectivity index (χ1n) is 12.5. The van der Waals surface area contributed by atoms with Crippen molar-refractivity contribution in [1.82, 2.24) is 10.3 Å². The van der Waals surface area contributed by atoms with Crippen LogP contribution < -0.4 is 15.8 Å². The number of nitrogens with one attached hydrogen (secondary N) is 1. The molecule has 0 unspecified atom stereocenters. The molecule has 0 saturated heterocycles. The third kappa shape index (κ3) is 8.82. The summed E-state index contributed by atoms with van der Waals surface area (Å²) in [6.07, 6.45) is 4.34. The second kappa shape index (κ2) is 14.6. The first-order valence-corrected chi connectivity index (χ1v) is 12.5. The van der Waals surface area contributed by atoms with Gasteiger partial charge in [0, 0.05) is 18.1 Å². The molecule has 4 N–H and O–H groups in total. The molecule has 0 spiro atoms. The van der Waals surface area contributed by atoms with Crippen molar-refractivity contribution < 1.29 is 19.4 Å². The van der Waals surface area contributed by atoms with Gasteiger partial charge in [0.15, 0.2) is 0 Å². The fourth-order valence-corrected chi connectivity index (χ4v) is 3.89. The number of aromatic nitrogens is 1. The smallest absolute Gasteiger partial charge is 0.326 e. The molecule has 0 saturated carbocycles. The summed E-state index contributed by atoms with van der Waals surface area (Å²) in [4.78, 5) is 28.2. The van der Waals surface area contributed by atoms with Crippen LogP contribution in [0.15, 0.2) is 72.8 Å². The lowest BCUT2D eigenvalue weighted by Gasteiger charge is -2.14. The van der Waals surface area contributed by atoms with Crippen LogP contribution in [0.4, 0.5) is 0 Å². The number of pyridine rings is 1. The molecule has 190 valence electrons. The van der Waals surface area contributed by atoms with Crippen molar-refractivity contribution in [2.24, 2.45) is 5.73 Å². The molecule has 0 aliphatic rings. The van der Waals surface area contributed by atoms with Crippen molar-refractivity contribution in [3.05, 3.63) is 72.8 Å². The minimum atomic E-state index is -1.01. The van der Waals surface area contributed by atoms with Crippen molar-refractivity contribution in [2.75, 3.05) is 13.2 Å². The lowest BCUT2D eigenvalue weighted by molar-refractivity contribution is -0.142. The van der Waals surface area contributed by atoms with Crippen LogP contribution in [0.5, 0.6) is 5.88 Å². The summed E-state index contributed by atoms with van der Waals surface area (Å²) >= 11 is 0. The fourth-order valence-electron chi connectivity index (χ4n) is 3.89. The Kier molecular flexibility index (Phi) is 10.9. The van der Waals surface area contributed by atoms with Crippen molar-refractivity contribution >= 4 is 11.9 Å². The average molecular weight is 490 g/mol. The minimum absolute atomic E-state index is 0.235. The van der Waals surface area contributed by atoms with Gasteiger partial charge in [0.05, 0.1) is 12.3 Å². The maximum atomic E-state index is 12.1.